The summed E-state index contributed by atoms with van der Waals surface area (Å²) in [7, 11) is 0. The van der Waals surface area contributed by atoms with Crippen LogP contribution in [-0.2, 0) is 15.1 Å². The van der Waals surface area contributed by atoms with Crippen molar-refractivity contribution in [3.05, 3.63) is 34.9 Å². The molecule has 4 nitrogen and oxygen atoms in total. The Hall–Kier alpha value is -1.10. The van der Waals surface area contributed by atoms with Gasteiger partial charge >= 0.3 is 0 Å². The molecule has 5 heteroatoms. The highest BCUT2D eigenvalue weighted by atomic mass is 35.5. The second-order valence-corrected chi connectivity index (χ2v) is 6.01. The number of halogens is 1. The number of carbonyl (C=O) groups excluding carboxylic acids is 1. The maximum atomic E-state index is 12.1. The zero-order valence-electron chi connectivity index (χ0n) is 12.0. The van der Waals surface area contributed by atoms with Crippen LogP contribution in [0, 0.1) is 0 Å². The molecular formula is C15H21ClN2O2. The van der Waals surface area contributed by atoms with Crippen LogP contribution in [0.1, 0.15) is 19.4 Å². The number of hydrogen-bond donors (Lipinski definition) is 1. The van der Waals surface area contributed by atoms with Gasteiger partial charge in [0.25, 0.3) is 0 Å². The first-order valence-electron chi connectivity index (χ1n) is 6.84. The molecule has 0 unspecified atom stereocenters. The van der Waals surface area contributed by atoms with Gasteiger partial charge in [0.05, 0.1) is 25.3 Å². The van der Waals surface area contributed by atoms with Crippen LogP contribution in [0.2, 0.25) is 5.02 Å². The Labute approximate surface area is 125 Å². The maximum Gasteiger partial charge on any atom is 0.234 e. The Morgan fingerprint density at radius 1 is 1.30 bits per heavy atom. The van der Waals surface area contributed by atoms with E-state index in [1.165, 1.54) is 0 Å². The summed E-state index contributed by atoms with van der Waals surface area (Å²) < 4.78 is 5.28. The van der Waals surface area contributed by atoms with Crippen LogP contribution < -0.4 is 5.32 Å². The van der Waals surface area contributed by atoms with Gasteiger partial charge in [-0.15, -0.1) is 0 Å². The van der Waals surface area contributed by atoms with Crippen molar-refractivity contribution >= 4 is 17.5 Å². The highest BCUT2D eigenvalue weighted by Crippen LogP contribution is 2.21. The van der Waals surface area contributed by atoms with Gasteiger partial charge in [0, 0.05) is 18.1 Å². The summed E-state index contributed by atoms with van der Waals surface area (Å²) in [4.78, 5) is 14.3. The first kappa shape index (κ1) is 15.3. The molecule has 1 aliphatic rings. The third-order valence-corrected chi connectivity index (χ3v) is 3.74. The van der Waals surface area contributed by atoms with E-state index in [2.05, 4.69) is 10.2 Å². The smallest absolute Gasteiger partial charge is 0.234 e. The van der Waals surface area contributed by atoms with Gasteiger partial charge in [-0.05, 0) is 31.5 Å². The van der Waals surface area contributed by atoms with E-state index < -0.39 is 5.54 Å². The Kier molecular flexibility index (Phi) is 5.02. The van der Waals surface area contributed by atoms with E-state index >= 15 is 0 Å². The van der Waals surface area contributed by atoms with Crippen LogP contribution >= 0.6 is 11.6 Å². The van der Waals surface area contributed by atoms with E-state index in [1.807, 2.05) is 38.1 Å². The topological polar surface area (TPSA) is 41.6 Å². The van der Waals surface area contributed by atoms with Crippen LogP contribution in [0.15, 0.2) is 24.3 Å². The molecule has 0 saturated carbocycles. The van der Waals surface area contributed by atoms with Crippen molar-refractivity contribution < 1.29 is 9.53 Å². The molecule has 0 atom stereocenters. The lowest BCUT2D eigenvalue weighted by Gasteiger charge is -2.30. The minimum atomic E-state index is -0.409. The average Bonchev–Trinajstić information content (AvgIpc) is 2.39. The number of morpholine rings is 1. The van der Waals surface area contributed by atoms with Crippen molar-refractivity contribution in [1.29, 1.82) is 0 Å². The molecule has 1 fully saturated rings. The molecule has 20 heavy (non-hydrogen) atoms. The second-order valence-electron chi connectivity index (χ2n) is 5.57. The van der Waals surface area contributed by atoms with Gasteiger partial charge in [-0.3, -0.25) is 9.69 Å². The monoisotopic (exact) mass is 296 g/mol. The molecule has 1 aromatic carbocycles. The average molecular weight is 297 g/mol. The maximum absolute atomic E-state index is 12.1. The zero-order valence-corrected chi connectivity index (χ0v) is 12.7. The SMILES string of the molecule is CC(C)(NC(=O)CN1CCOCC1)c1ccc(Cl)cc1. The number of carbonyl (C=O) groups is 1. The minimum absolute atomic E-state index is 0.0341. The van der Waals surface area contributed by atoms with Gasteiger partial charge in [-0.25, -0.2) is 0 Å². The molecule has 1 aromatic rings. The van der Waals surface area contributed by atoms with E-state index in [9.17, 15) is 4.79 Å². The number of hydrogen-bond acceptors (Lipinski definition) is 3. The van der Waals surface area contributed by atoms with Crippen LogP contribution in [0.25, 0.3) is 0 Å². The second kappa shape index (κ2) is 6.57. The van der Waals surface area contributed by atoms with E-state index in [0.717, 1.165) is 18.7 Å². The van der Waals surface area contributed by atoms with Crippen molar-refractivity contribution in [3.8, 4) is 0 Å². The molecule has 110 valence electrons. The van der Waals surface area contributed by atoms with Crippen LogP contribution in [0.4, 0.5) is 0 Å². The summed E-state index contributed by atoms with van der Waals surface area (Å²) in [6.07, 6.45) is 0. The fourth-order valence-corrected chi connectivity index (χ4v) is 2.42. The number of rotatable bonds is 4. The molecule has 2 rings (SSSR count). The lowest BCUT2D eigenvalue weighted by molar-refractivity contribution is -0.124. The number of nitrogens with one attached hydrogen (secondary N) is 1. The molecule has 0 aliphatic carbocycles. The molecule has 1 saturated heterocycles. The molecular weight excluding hydrogens is 276 g/mol. The van der Waals surface area contributed by atoms with Crippen molar-refractivity contribution in [2.24, 2.45) is 0 Å². The summed E-state index contributed by atoms with van der Waals surface area (Å²) in [5.41, 5.74) is 0.630. The summed E-state index contributed by atoms with van der Waals surface area (Å²) in [5, 5.41) is 3.77. The lowest BCUT2D eigenvalue weighted by Crippen LogP contribution is -2.48. The van der Waals surface area contributed by atoms with E-state index in [-0.39, 0.29) is 5.91 Å². The minimum Gasteiger partial charge on any atom is -0.379 e. The summed E-state index contributed by atoms with van der Waals surface area (Å²) in [6.45, 7) is 7.44. The van der Waals surface area contributed by atoms with Crippen molar-refractivity contribution in [2.45, 2.75) is 19.4 Å². The molecule has 0 radical (unpaired) electrons. The van der Waals surface area contributed by atoms with Crippen molar-refractivity contribution in [2.75, 3.05) is 32.8 Å². The van der Waals surface area contributed by atoms with Crippen LogP contribution in [0.5, 0.6) is 0 Å². The molecule has 0 spiro atoms. The third kappa shape index (κ3) is 4.20. The fourth-order valence-electron chi connectivity index (χ4n) is 2.29. The normalized spacial score (nSPS) is 16.9. The largest absolute Gasteiger partial charge is 0.379 e. The number of nitrogens with zero attached hydrogens (tertiary/aromatic N) is 1. The van der Waals surface area contributed by atoms with E-state index in [4.69, 9.17) is 16.3 Å². The zero-order chi connectivity index (χ0) is 14.6. The fraction of sp³-hybridized carbons (Fsp3) is 0.533. The summed E-state index contributed by atoms with van der Waals surface area (Å²) in [6, 6.07) is 7.56. The number of ether oxygens (including phenoxy) is 1. The van der Waals surface area contributed by atoms with Crippen LogP contribution in [0.3, 0.4) is 0 Å². The highest BCUT2D eigenvalue weighted by Gasteiger charge is 2.24. The number of benzene rings is 1. The standard InChI is InChI=1S/C15H21ClN2O2/c1-15(2,12-3-5-13(16)6-4-12)17-14(19)11-18-7-9-20-10-8-18/h3-6H,7-11H2,1-2H3,(H,17,19). The van der Waals surface area contributed by atoms with E-state index in [1.54, 1.807) is 0 Å². The first-order chi connectivity index (χ1) is 9.47. The molecule has 0 bridgehead atoms. The molecule has 1 heterocycles. The van der Waals surface area contributed by atoms with Gasteiger partial charge < -0.3 is 10.1 Å². The van der Waals surface area contributed by atoms with Gasteiger partial charge in [-0.1, -0.05) is 23.7 Å². The Bertz CT molecular complexity index is 453. The summed E-state index contributed by atoms with van der Waals surface area (Å²) >= 11 is 5.89. The first-order valence-corrected chi connectivity index (χ1v) is 7.22. The lowest BCUT2D eigenvalue weighted by atomic mass is 9.94. The van der Waals surface area contributed by atoms with Crippen molar-refractivity contribution in [3.63, 3.8) is 0 Å². The highest BCUT2D eigenvalue weighted by molar-refractivity contribution is 6.30. The van der Waals surface area contributed by atoms with E-state index in [0.29, 0.717) is 24.8 Å². The van der Waals surface area contributed by atoms with Gasteiger partial charge in [-0.2, -0.15) is 0 Å². The van der Waals surface area contributed by atoms with Gasteiger partial charge in [0.1, 0.15) is 0 Å². The third-order valence-electron chi connectivity index (χ3n) is 3.49. The van der Waals surface area contributed by atoms with Gasteiger partial charge in [0.15, 0.2) is 0 Å². The Balaban J connectivity index is 1.93. The van der Waals surface area contributed by atoms with Crippen molar-refractivity contribution in [1.82, 2.24) is 10.2 Å². The summed E-state index contributed by atoms with van der Waals surface area (Å²) in [5.74, 6) is 0.0341. The Morgan fingerprint density at radius 2 is 1.90 bits per heavy atom. The van der Waals surface area contributed by atoms with Gasteiger partial charge in [0.2, 0.25) is 5.91 Å². The Morgan fingerprint density at radius 3 is 2.50 bits per heavy atom. The number of amides is 1. The molecule has 1 N–H and O–H groups in total. The predicted molar refractivity (Wildman–Crippen MR) is 79.9 cm³/mol. The molecule has 0 aromatic heterocycles. The predicted octanol–water partition coefficient (Wildman–Crippen LogP) is 2.02. The van der Waals surface area contributed by atoms with Crippen LogP contribution in [-0.4, -0.2) is 43.7 Å². The molecule has 1 amide bonds. The molecule has 1 aliphatic heterocycles. The quantitative estimate of drug-likeness (QED) is 0.924.